The molecule has 0 aromatic heterocycles. The van der Waals surface area contributed by atoms with E-state index in [4.69, 9.17) is 0 Å². The normalized spacial score (nSPS) is 16.8. The van der Waals surface area contributed by atoms with Crippen LogP contribution in [0.2, 0.25) is 0 Å². The molecule has 1 aliphatic heterocycles. The molecule has 1 aromatic rings. The summed E-state index contributed by atoms with van der Waals surface area (Å²) in [6, 6.07) is 6.72. The number of unbranched alkanes of at least 4 members (excludes halogenated alkanes) is 11. The lowest BCUT2D eigenvalue weighted by molar-refractivity contribution is -0.942. The number of hydrogen-bond acceptors (Lipinski definition) is 2. The van der Waals surface area contributed by atoms with E-state index in [1.54, 1.807) is 4.31 Å². The summed E-state index contributed by atoms with van der Waals surface area (Å²) >= 11 is 0. The van der Waals surface area contributed by atoms with Crippen molar-refractivity contribution < 1.29 is 17.3 Å². The predicted octanol–water partition coefficient (Wildman–Crippen LogP) is 6.51. The smallest absolute Gasteiger partial charge is 0.214 e. The summed E-state index contributed by atoms with van der Waals surface area (Å²) in [5.74, 6) is 0.0737. The van der Waals surface area contributed by atoms with Gasteiger partial charge in [-0.15, -0.1) is 0 Å². The van der Waals surface area contributed by atoms with Crippen molar-refractivity contribution in [2.24, 2.45) is 0 Å². The maximum atomic E-state index is 13.2. The molecule has 1 saturated heterocycles. The molecule has 0 N–H and O–H groups in total. The van der Waals surface area contributed by atoms with Crippen molar-refractivity contribution in [1.82, 2.24) is 4.31 Å². The van der Waals surface area contributed by atoms with Crippen molar-refractivity contribution >= 4 is 10.0 Å². The fourth-order valence-corrected chi connectivity index (χ4v) is 6.51. The van der Waals surface area contributed by atoms with E-state index < -0.39 is 10.0 Å². The maximum absolute atomic E-state index is 13.2. The molecule has 0 spiro atoms. The summed E-state index contributed by atoms with van der Waals surface area (Å²) in [6.45, 7) is 9.06. The molecular weight excluding hydrogens is 435 g/mol. The monoisotopic (exact) mass is 483 g/mol. The Labute approximate surface area is 203 Å². The van der Waals surface area contributed by atoms with Gasteiger partial charge in [-0.3, -0.25) is 0 Å². The first kappa shape index (κ1) is 28.3. The van der Waals surface area contributed by atoms with Gasteiger partial charge in [0, 0.05) is 5.56 Å². The highest BCUT2D eigenvalue weighted by Crippen LogP contribution is 2.21. The highest BCUT2D eigenvalue weighted by atomic mass is 32.2. The molecule has 6 heteroatoms. The number of rotatable bonds is 17. The number of benzene rings is 1. The first-order chi connectivity index (χ1) is 15.9. The number of sulfonamides is 1. The third-order valence-corrected chi connectivity index (χ3v) is 9.36. The number of halogens is 1. The van der Waals surface area contributed by atoms with Gasteiger partial charge in [0.1, 0.15) is 12.4 Å². The minimum absolute atomic E-state index is 0.212. The molecule has 2 rings (SSSR count). The fraction of sp³-hybridized carbons (Fsp3) is 0.778. The Morgan fingerprint density at radius 1 is 0.788 bits per heavy atom. The second-order valence-electron chi connectivity index (χ2n) is 9.99. The van der Waals surface area contributed by atoms with Crippen LogP contribution in [0.1, 0.15) is 96.5 Å². The topological polar surface area (TPSA) is 37.4 Å². The van der Waals surface area contributed by atoms with Crippen LogP contribution >= 0.6 is 0 Å². The molecule has 1 fully saturated rings. The van der Waals surface area contributed by atoms with E-state index in [1.165, 1.54) is 69.9 Å². The Bertz CT molecular complexity index is 744. The molecule has 0 bridgehead atoms. The second-order valence-corrected chi connectivity index (χ2v) is 12.1. The zero-order chi connectivity index (χ0) is 24.0. The highest BCUT2D eigenvalue weighted by Gasteiger charge is 2.35. The van der Waals surface area contributed by atoms with E-state index in [2.05, 4.69) is 13.8 Å². The van der Waals surface area contributed by atoms with Crippen molar-refractivity contribution in [1.29, 1.82) is 0 Å². The van der Waals surface area contributed by atoms with Gasteiger partial charge in [-0.2, -0.15) is 4.31 Å². The van der Waals surface area contributed by atoms with Gasteiger partial charge in [-0.25, -0.2) is 12.8 Å². The van der Waals surface area contributed by atoms with Crippen LogP contribution in [0.5, 0.6) is 0 Å². The number of hydrogen-bond donors (Lipinski definition) is 0. The van der Waals surface area contributed by atoms with Gasteiger partial charge in [-0.1, -0.05) is 89.7 Å². The Morgan fingerprint density at radius 3 is 1.76 bits per heavy atom. The van der Waals surface area contributed by atoms with Gasteiger partial charge < -0.3 is 4.48 Å². The number of piperazine rings is 1. The number of likely N-dealkylation sites (N-methyl/N-ethyl adjacent to an activating group) is 1. The average Bonchev–Trinajstić information content (AvgIpc) is 2.81. The van der Waals surface area contributed by atoms with E-state index in [1.807, 2.05) is 12.1 Å². The summed E-state index contributed by atoms with van der Waals surface area (Å²) in [5.41, 5.74) is 1.12. The third kappa shape index (κ3) is 10.4. The third-order valence-electron chi connectivity index (χ3n) is 7.40. The van der Waals surface area contributed by atoms with E-state index in [9.17, 15) is 12.8 Å². The van der Waals surface area contributed by atoms with Crippen molar-refractivity contribution in [2.75, 3.05) is 38.5 Å². The predicted molar refractivity (Wildman–Crippen MR) is 137 cm³/mol. The first-order valence-corrected chi connectivity index (χ1v) is 15.1. The minimum atomic E-state index is -3.16. The zero-order valence-electron chi connectivity index (χ0n) is 21.2. The number of nitrogens with zero attached hydrogens (tertiary/aromatic N) is 2. The zero-order valence-corrected chi connectivity index (χ0v) is 22.1. The molecular formula is C27H48FN2O2S+. The van der Waals surface area contributed by atoms with Crippen LogP contribution in [0.25, 0.3) is 0 Å². The Balaban J connectivity index is 1.60. The Hall–Kier alpha value is -0.980. The Morgan fingerprint density at radius 2 is 1.27 bits per heavy atom. The van der Waals surface area contributed by atoms with Crippen LogP contribution in [0.15, 0.2) is 24.3 Å². The maximum Gasteiger partial charge on any atom is 0.214 e. The molecule has 1 aliphatic rings. The summed E-state index contributed by atoms with van der Waals surface area (Å²) < 4.78 is 41.5. The molecule has 1 heterocycles. The lowest BCUT2D eigenvalue weighted by Crippen LogP contribution is -2.60. The van der Waals surface area contributed by atoms with Gasteiger partial charge in [0.05, 0.1) is 38.5 Å². The fourth-order valence-electron chi connectivity index (χ4n) is 4.97. The van der Waals surface area contributed by atoms with Crippen molar-refractivity contribution in [3.63, 3.8) is 0 Å². The molecule has 0 atom stereocenters. The molecule has 1 aromatic carbocycles. The van der Waals surface area contributed by atoms with E-state index in [-0.39, 0.29) is 11.6 Å². The quantitative estimate of drug-likeness (QED) is 0.187. The minimum Gasteiger partial charge on any atom is -0.318 e. The van der Waals surface area contributed by atoms with Gasteiger partial charge in [0.2, 0.25) is 10.0 Å². The van der Waals surface area contributed by atoms with Crippen LogP contribution < -0.4 is 0 Å². The van der Waals surface area contributed by atoms with Gasteiger partial charge in [0.15, 0.2) is 0 Å². The molecule has 4 nitrogen and oxygen atoms in total. The van der Waals surface area contributed by atoms with Crippen molar-refractivity contribution in [3.05, 3.63) is 35.6 Å². The van der Waals surface area contributed by atoms with E-state index in [0.29, 0.717) is 13.1 Å². The van der Waals surface area contributed by atoms with E-state index in [0.717, 1.165) is 55.5 Å². The largest absolute Gasteiger partial charge is 0.318 e. The second kappa shape index (κ2) is 15.1. The molecule has 0 unspecified atom stereocenters. The first-order valence-electron chi connectivity index (χ1n) is 13.5. The molecule has 0 radical (unpaired) electrons. The molecule has 0 saturated carbocycles. The lowest BCUT2D eigenvalue weighted by Gasteiger charge is -2.44. The van der Waals surface area contributed by atoms with E-state index >= 15 is 0 Å². The average molecular weight is 484 g/mol. The summed E-state index contributed by atoms with van der Waals surface area (Å²) in [4.78, 5) is 0. The lowest BCUT2D eigenvalue weighted by atomic mass is 10.1. The molecule has 0 aliphatic carbocycles. The van der Waals surface area contributed by atoms with Crippen LogP contribution in [-0.2, 0) is 16.6 Å². The highest BCUT2D eigenvalue weighted by molar-refractivity contribution is 7.89. The van der Waals surface area contributed by atoms with Crippen molar-refractivity contribution in [2.45, 2.75) is 97.4 Å². The molecule has 0 amide bonds. The molecule has 33 heavy (non-hydrogen) atoms. The Kier molecular flexibility index (Phi) is 12.9. The standard InChI is InChI=1S/C27H48FN2O2S/c1-3-5-6-7-8-9-10-11-12-13-14-15-24-33(31,32)29-20-22-30(4-2,23-21-29)25-26-16-18-27(28)19-17-26/h16-19H,3-15,20-25H2,1-2H3/q+1. The van der Waals surface area contributed by atoms with Gasteiger partial charge >= 0.3 is 0 Å². The van der Waals surface area contributed by atoms with Crippen LogP contribution in [0, 0.1) is 5.82 Å². The SMILES string of the molecule is CCCCCCCCCCCCCCS(=O)(=O)N1CC[N+](CC)(Cc2ccc(F)cc2)CC1. The van der Waals surface area contributed by atoms with Gasteiger partial charge in [0.25, 0.3) is 0 Å². The number of quaternary nitrogens is 1. The summed E-state index contributed by atoms with van der Waals surface area (Å²) in [5, 5.41) is 0. The van der Waals surface area contributed by atoms with Crippen LogP contribution in [-0.4, -0.2) is 55.7 Å². The molecule has 190 valence electrons. The van der Waals surface area contributed by atoms with Crippen molar-refractivity contribution in [3.8, 4) is 0 Å². The van der Waals surface area contributed by atoms with Crippen LogP contribution in [0.4, 0.5) is 4.39 Å². The summed E-state index contributed by atoms with van der Waals surface area (Å²) in [7, 11) is -3.16. The summed E-state index contributed by atoms with van der Waals surface area (Å²) in [6.07, 6.45) is 15.0. The van der Waals surface area contributed by atoms with Gasteiger partial charge in [-0.05, 0) is 25.5 Å². The van der Waals surface area contributed by atoms with Crippen LogP contribution in [0.3, 0.4) is 0 Å².